The zero-order chi connectivity index (χ0) is 22.2. The standard InChI is InChI=1S/C21H33N7O3/c1-3-4-5-23-19(29)15-25-6-8-26(9-7-25)16-20(30)27-10-12-28(13-11-27)21-18(14-22)24-17(2)31-21/h3-13,15-16H2,1-2H3,(H,23,29). The van der Waals surface area contributed by atoms with Crippen molar-refractivity contribution in [1.29, 1.82) is 5.26 Å². The summed E-state index contributed by atoms with van der Waals surface area (Å²) < 4.78 is 5.57. The molecule has 2 fully saturated rings. The smallest absolute Gasteiger partial charge is 0.236 e. The fraction of sp³-hybridized carbons (Fsp3) is 0.714. The van der Waals surface area contributed by atoms with Gasteiger partial charge in [0.1, 0.15) is 6.07 Å². The number of hydrogen-bond donors (Lipinski definition) is 1. The molecule has 2 aliphatic rings. The van der Waals surface area contributed by atoms with Gasteiger partial charge in [-0.1, -0.05) is 13.3 Å². The largest absolute Gasteiger partial charge is 0.424 e. The topological polar surface area (TPSA) is 109 Å². The Balaban J connectivity index is 1.37. The minimum Gasteiger partial charge on any atom is -0.424 e. The molecule has 0 unspecified atom stereocenters. The molecule has 2 saturated heterocycles. The van der Waals surface area contributed by atoms with Gasteiger partial charge in [0.05, 0.1) is 13.1 Å². The lowest BCUT2D eigenvalue weighted by Gasteiger charge is -2.37. The molecule has 0 saturated carbocycles. The summed E-state index contributed by atoms with van der Waals surface area (Å²) in [5.41, 5.74) is 0.300. The lowest BCUT2D eigenvalue weighted by molar-refractivity contribution is -0.133. The number of carbonyl (C=O) groups is 2. The SMILES string of the molecule is CCCCNC(=O)CN1CCN(CC(=O)N2CCN(c3oc(C)nc3C#N)CC2)CC1. The highest BCUT2D eigenvalue weighted by atomic mass is 16.4. The van der Waals surface area contributed by atoms with E-state index in [2.05, 4.69) is 33.1 Å². The monoisotopic (exact) mass is 431 g/mol. The van der Waals surface area contributed by atoms with Crippen LogP contribution in [0.2, 0.25) is 0 Å². The first-order valence-corrected chi connectivity index (χ1v) is 11.1. The third kappa shape index (κ3) is 6.42. The average Bonchev–Trinajstić information content (AvgIpc) is 3.16. The normalized spacial score (nSPS) is 18.1. The molecule has 10 nitrogen and oxygen atoms in total. The molecule has 10 heteroatoms. The van der Waals surface area contributed by atoms with Gasteiger partial charge in [-0.2, -0.15) is 5.26 Å². The number of unbranched alkanes of at least 4 members (excludes halogenated alkanes) is 1. The molecule has 0 aliphatic carbocycles. The Morgan fingerprint density at radius 2 is 1.71 bits per heavy atom. The third-order valence-electron chi connectivity index (χ3n) is 5.79. The maximum absolute atomic E-state index is 12.7. The number of nitrogens with one attached hydrogen (secondary N) is 1. The first-order chi connectivity index (χ1) is 15.0. The Labute approximate surface area is 183 Å². The van der Waals surface area contributed by atoms with Crippen LogP contribution in [0.4, 0.5) is 5.88 Å². The van der Waals surface area contributed by atoms with E-state index in [9.17, 15) is 14.9 Å². The molecule has 170 valence electrons. The maximum atomic E-state index is 12.7. The maximum Gasteiger partial charge on any atom is 0.236 e. The van der Waals surface area contributed by atoms with Crippen LogP contribution < -0.4 is 10.2 Å². The van der Waals surface area contributed by atoms with Gasteiger partial charge < -0.3 is 19.5 Å². The lowest BCUT2D eigenvalue weighted by atomic mass is 10.2. The number of nitrogens with zero attached hydrogens (tertiary/aromatic N) is 6. The fourth-order valence-electron chi connectivity index (χ4n) is 3.92. The van der Waals surface area contributed by atoms with Gasteiger partial charge in [-0.05, 0) is 6.42 Å². The third-order valence-corrected chi connectivity index (χ3v) is 5.79. The summed E-state index contributed by atoms with van der Waals surface area (Å²) >= 11 is 0. The highest BCUT2D eigenvalue weighted by molar-refractivity contribution is 5.79. The summed E-state index contributed by atoms with van der Waals surface area (Å²) in [7, 11) is 0. The van der Waals surface area contributed by atoms with E-state index in [1.165, 1.54) is 0 Å². The number of aromatic nitrogens is 1. The summed E-state index contributed by atoms with van der Waals surface area (Å²) in [6.07, 6.45) is 2.08. The van der Waals surface area contributed by atoms with Crippen LogP contribution in [-0.2, 0) is 9.59 Å². The van der Waals surface area contributed by atoms with E-state index in [1.54, 1.807) is 6.92 Å². The van der Waals surface area contributed by atoms with Crippen LogP contribution in [0.5, 0.6) is 0 Å². The Kier molecular flexibility index (Phi) is 8.26. The summed E-state index contributed by atoms with van der Waals surface area (Å²) in [4.78, 5) is 37.0. The van der Waals surface area contributed by atoms with E-state index < -0.39 is 0 Å². The van der Waals surface area contributed by atoms with E-state index >= 15 is 0 Å². The van der Waals surface area contributed by atoms with Gasteiger partial charge in [-0.25, -0.2) is 4.98 Å². The molecular formula is C21H33N7O3. The highest BCUT2D eigenvalue weighted by Gasteiger charge is 2.27. The van der Waals surface area contributed by atoms with Crippen molar-refractivity contribution in [2.75, 3.05) is 76.9 Å². The molecular weight excluding hydrogens is 398 g/mol. The number of amides is 2. The van der Waals surface area contributed by atoms with Crippen molar-refractivity contribution in [3.05, 3.63) is 11.6 Å². The summed E-state index contributed by atoms with van der Waals surface area (Å²) in [5.74, 6) is 1.18. The molecule has 2 aliphatic heterocycles. The van der Waals surface area contributed by atoms with Gasteiger partial charge in [0.2, 0.25) is 23.4 Å². The molecule has 0 radical (unpaired) electrons. The summed E-state index contributed by atoms with van der Waals surface area (Å²) in [5, 5.41) is 12.2. The average molecular weight is 432 g/mol. The molecule has 0 bridgehead atoms. The molecule has 0 aromatic carbocycles. The van der Waals surface area contributed by atoms with Crippen molar-refractivity contribution < 1.29 is 14.0 Å². The van der Waals surface area contributed by atoms with Gasteiger partial charge in [-0.3, -0.25) is 19.4 Å². The molecule has 1 aromatic heterocycles. The molecule has 31 heavy (non-hydrogen) atoms. The zero-order valence-corrected chi connectivity index (χ0v) is 18.6. The Bertz CT molecular complexity index is 787. The number of rotatable bonds is 8. The molecule has 0 spiro atoms. The van der Waals surface area contributed by atoms with E-state index in [-0.39, 0.29) is 11.8 Å². The lowest BCUT2D eigenvalue weighted by Crippen LogP contribution is -2.54. The summed E-state index contributed by atoms with van der Waals surface area (Å²) in [6, 6.07) is 2.07. The molecule has 0 atom stereocenters. The Morgan fingerprint density at radius 3 is 2.32 bits per heavy atom. The number of piperazine rings is 2. The van der Waals surface area contributed by atoms with Crippen LogP contribution in [-0.4, -0.2) is 103 Å². The number of nitriles is 1. The summed E-state index contributed by atoms with van der Waals surface area (Å²) in [6.45, 7) is 11.0. The molecule has 3 rings (SSSR count). The quantitative estimate of drug-likeness (QED) is 0.575. The van der Waals surface area contributed by atoms with Crippen LogP contribution in [0.25, 0.3) is 0 Å². The van der Waals surface area contributed by atoms with Crippen LogP contribution >= 0.6 is 0 Å². The van der Waals surface area contributed by atoms with Crippen LogP contribution in [0, 0.1) is 18.3 Å². The minimum atomic E-state index is 0.0809. The zero-order valence-electron chi connectivity index (χ0n) is 18.6. The molecule has 1 N–H and O–H groups in total. The van der Waals surface area contributed by atoms with Crippen LogP contribution in [0.3, 0.4) is 0 Å². The van der Waals surface area contributed by atoms with E-state index in [0.29, 0.717) is 56.7 Å². The van der Waals surface area contributed by atoms with Crippen molar-refractivity contribution in [2.45, 2.75) is 26.7 Å². The fourth-order valence-corrected chi connectivity index (χ4v) is 3.92. The highest BCUT2D eigenvalue weighted by Crippen LogP contribution is 2.22. The van der Waals surface area contributed by atoms with Crippen molar-refractivity contribution >= 4 is 17.7 Å². The van der Waals surface area contributed by atoms with Crippen LogP contribution in [0.15, 0.2) is 4.42 Å². The van der Waals surface area contributed by atoms with Gasteiger partial charge in [0, 0.05) is 65.8 Å². The number of oxazole rings is 1. The Hall–Kier alpha value is -2.64. The van der Waals surface area contributed by atoms with Gasteiger partial charge in [0.25, 0.3) is 0 Å². The molecule has 2 amide bonds. The second-order valence-electron chi connectivity index (χ2n) is 8.12. The van der Waals surface area contributed by atoms with Gasteiger partial charge >= 0.3 is 0 Å². The van der Waals surface area contributed by atoms with Crippen molar-refractivity contribution in [1.82, 2.24) is 25.0 Å². The second kappa shape index (κ2) is 11.1. The number of aryl methyl sites for hydroxylation is 1. The van der Waals surface area contributed by atoms with Crippen LogP contribution in [0.1, 0.15) is 31.4 Å². The number of anilines is 1. The molecule has 3 heterocycles. The van der Waals surface area contributed by atoms with Crippen molar-refractivity contribution in [2.24, 2.45) is 0 Å². The van der Waals surface area contributed by atoms with E-state index in [0.717, 1.165) is 45.6 Å². The number of hydrogen-bond acceptors (Lipinski definition) is 8. The first kappa shape index (κ1) is 23.0. The second-order valence-corrected chi connectivity index (χ2v) is 8.12. The minimum absolute atomic E-state index is 0.0809. The van der Waals surface area contributed by atoms with E-state index in [4.69, 9.17) is 4.42 Å². The van der Waals surface area contributed by atoms with E-state index in [1.807, 2.05) is 9.80 Å². The Morgan fingerprint density at radius 1 is 1.06 bits per heavy atom. The predicted molar refractivity (Wildman–Crippen MR) is 116 cm³/mol. The van der Waals surface area contributed by atoms with Crippen molar-refractivity contribution in [3.8, 4) is 6.07 Å². The first-order valence-electron chi connectivity index (χ1n) is 11.1. The van der Waals surface area contributed by atoms with Gasteiger partial charge in [-0.15, -0.1) is 0 Å². The van der Waals surface area contributed by atoms with Gasteiger partial charge in [0.15, 0.2) is 5.89 Å². The van der Waals surface area contributed by atoms with Crippen molar-refractivity contribution in [3.63, 3.8) is 0 Å². The number of carbonyl (C=O) groups excluding carboxylic acids is 2. The molecule has 1 aromatic rings. The predicted octanol–water partition coefficient (Wildman–Crippen LogP) is 0.0372.